The third-order valence-corrected chi connectivity index (χ3v) is 13.9. The molecule has 0 aliphatic rings. The first kappa shape index (κ1) is 57.7. The zero-order chi connectivity index (χ0) is 39.6. The van der Waals surface area contributed by atoms with E-state index in [1.165, 1.54) is 154 Å². The monoisotopic (exact) mass is 897 g/mol. The molecule has 0 aromatic carbocycles. The van der Waals surface area contributed by atoms with Crippen molar-refractivity contribution in [1.82, 2.24) is 0 Å². The number of rotatable bonds is 40. The van der Waals surface area contributed by atoms with Crippen LogP contribution >= 0.6 is 24.1 Å². The van der Waals surface area contributed by atoms with Crippen molar-refractivity contribution in [3.8, 4) is 0 Å². The van der Waals surface area contributed by atoms with E-state index in [9.17, 15) is 18.7 Å². The molecule has 9 heteroatoms. The minimum atomic E-state index is -0.160. The van der Waals surface area contributed by atoms with E-state index in [-0.39, 0.29) is 46.3 Å². The van der Waals surface area contributed by atoms with E-state index < -0.39 is 0 Å². The third-order valence-electron chi connectivity index (χ3n) is 9.24. The third kappa shape index (κ3) is 61.8. The number of unbranched alkanes of at least 4 members (excludes halogenated alkanes) is 26. The second kappa shape index (κ2) is 56.7. The van der Waals surface area contributed by atoms with Crippen LogP contribution in [0.1, 0.15) is 233 Å². The molecule has 0 atom stereocenters. The van der Waals surface area contributed by atoms with E-state index in [1.807, 2.05) is 0 Å². The Morgan fingerprint density at radius 2 is 0.642 bits per heavy atom. The molecule has 53 heavy (non-hydrogen) atoms. The van der Waals surface area contributed by atoms with Crippen molar-refractivity contribution in [2.24, 2.45) is 0 Å². The molecule has 0 amide bonds. The molecule has 316 valence electrons. The van der Waals surface area contributed by atoms with Crippen LogP contribution in [-0.2, 0) is 19.1 Å². The summed E-state index contributed by atoms with van der Waals surface area (Å²) >= 11 is 0.992. The van der Waals surface area contributed by atoms with Crippen LogP contribution in [0.25, 0.3) is 0 Å². The molecular weight excluding hydrogens is 807 g/mol. The summed E-state index contributed by atoms with van der Waals surface area (Å²) in [4.78, 5) is 22.4. The van der Waals surface area contributed by atoms with Crippen LogP contribution in [0.15, 0.2) is 0 Å². The molecule has 0 unspecified atom stereocenters. The normalized spacial score (nSPS) is 10.5. The van der Waals surface area contributed by atoms with Gasteiger partial charge in [-0.05, 0) is 12.8 Å². The van der Waals surface area contributed by atoms with E-state index >= 15 is 0 Å². The van der Waals surface area contributed by atoms with Crippen molar-refractivity contribution < 1.29 is 28.2 Å². The fourth-order valence-corrected chi connectivity index (χ4v) is 9.74. The molecule has 0 fully saturated rings. The number of carbonyl (C=O) groups is 2. The minimum absolute atomic E-state index is 0.0736. The molecular formula is C44H88O6S2Sn. The Hall–Kier alpha value is 0.359. The van der Waals surface area contributed by atoms with Crippen molar-refractivity contribution in [2.75, 3.05) is 24.7 Å². The van der Waals surface area contributed by atoms with Crippen molar-refractivity contribution >= 4 is 57.2 Å². The van der Waals surface area contributed by atoms with Gasteiger partial charge in [-0.2, -0.15) is 0 Å². The van der Waals surface area contributed by atoms with Gasteiger partial charge in [0.2, 0.25) is 0 Å². The van der Waals surface area contributed by atoms with E-state index in [0.29, 0.717) is 48.4 Å². The average molecular weight is 896 g/mol. The van der Waals surface area contributed by atoms with Crippen molar-refractivity contribution in [3.05, 3.63) is 0 Å². The van der Waals surface area contributed by atoms with E-state index in [4.69, 9.17) is 9.47 Å². The Morgan fingerprint density at radius 1 is 0.396 bits per heavy atom. The zero-order valence-electron chi connectivity index (χ0n) is 35.6. The quantitative estimate of drug-likeness (QED) is 0.0260. The standard InChI is InChI=1S/2C14H28O3S.2C8H17.Sn/c2*1-2-3-4-5-6-7-8-9-10-11-14(15)17-12-13-18-16;2*1-3-5-7-8-6-4-2;/h2*16H,2-13H2,1H3;2*1,3-8H2,2H3;/q;;;;+2/p-2. The number of ether oxygens (including phenoxy) is 2. The topological polar surface area (TPSA) is 98.7 Å². The van der Waals surface area contributed by atoms with E-state index in [1.54, 1.807) is 21.7 Å². The van der Waals surface area contributed by atoms with Gasteiger partial charge >= 0.3 is 133 Å². The predicted octanol–water partition coefficient (Wildman–Crippen LogP) is 14.9. The van der Waals surface area contributed by atoms with Crippen molar-refractivity contribution in [2.45, 2.75) is 242 Å². The fourth-order valence-electron chi connectivity index (χ4n) is 5.87. The van der Waals surface area contributed by atoms with Crippen molar-refractivity contribution in [3.63, 3.8) is 0 Å². The summed E-state index contributed by atoms with van der Waals surface area (Å²) in [5.74, 6) is 0.381. The van der Waals surface area contributed by atoms with Gasteiger partial charge in [-0.3, -0.25) is 33.7 Å². The molecule has 6 nitrogen and oxygen atoms in total. The first-order chi connectivity index (χ1) is 26.0. The van der Waals surface area contributed by atoms with Crippen LogP contribution in [0.3, 0.4) is 0 Å². The van der Waals surface area contributed by atoms with Gasteiger partial charge in [0.15, 0.2) is 0 Å². The maximum absolute atomic E-state index is 11.2. The molecule has 0 saturated carbocycles. The number of hydrogen-bond donors (Lipinski definition) is 0. The summed E-state index contributed by atoms with van der Waals surface area (Å²) in [5, 5.41) is 0. The van der Waals surface area contributed by atoms with Gasteiger partial charge in [0.1, 0.15) is 0 Å². The predicted molar refractivity (Wildman–Crippen MR) is 234 cm³/mol. The van der Waals surface area contributed by atoms with E-state index in [2.05, 4.69) is 27.7 Å². The van der Waals surface area contributed by atoms with Gasteiger partial charge in [-0.1, -0.05) is 117 Å². The summed E-state index contributed by atoms with van der Waals surface area (Å²) in [7, 11) is 0. The summed E-state index contributed by atoms with van der Waals surface area (Å²) in [6, 6.07) is 0. The van der Waals surface area contributed by atoms with Crippen LogP contribution < -0.4 is 0 Å². The van der Waals surface area contributed by atoms with Gasteiger partial charge in [-0.25, -0.2) is 0 Å². The molecule has 0 rings (SSSR count). The number of hydrogen-bond acceptors (Lipinski definition) is 8. The molecule has 0 radical (unpaired) electrons. The first-order valence-electron chi connectivity index (χ1n) is 22.5. The van der Waals surface area contributed by atoms with Crippen LogP contribution in [0.5, 0.6) is 0 Å². The molecule has 0 aliphatic carbocycles. The summed E-state index contributed by atoms with van der Waals surface area (Å²) < 4.78 is 33.2. The molecule has 0 heterocycles. The second-order valence-electron chi connectivity index (χ2n) is 14.5. The van der Waals surface area contributed by atoms with Crippen LogP contribution in [0.2, 0.25) is 8.87 Å². The average Bonchev–Trinajstić information content (AvgIpc) is 3.16. The molecule has 0 spiro atoms. The first-order valence-corrected chi connectivity index (χ1v) is 28.4. The molecule has 0 aliphatic heterocycles. The summed E-state index contributed by atoms with van der Waals surface area (Å²) in [6.45, 7) is 9.57. The number of esters is 2. The zero-order valence-corrected chi connectivity index (χ0v) is 40.1. The van der Waals surface area contributed by atoms with Crippen LogP contribution in [-0.4, -0.2) is 66.9 Å². The van der Waals surface area contributed by atoms with Gasteiger partial charge in [-0.15, -0.1) is 0 Å². The Bertz CT molecular complexity index is 620. The molecule has 0 saturated heterocycles. The van der Waals surface area contributed by atoms with Crippen molar-refractivity contribution in [1.29, 1.82) is 0 Å². The fraction of sp³-hybridized carbons (Fsp3) is 0.955. The molecule has 0 aromatic rings. The Labute approximate surface area is 350 Å². The van der Waals surface area contributed by atoms with Crippen LogP contribution in [0.4, 0.5) is 0 Å². The van der Waals surface area contributed by atoms with E-state index in [0.717, 1.165) is 25.7 Å². The Kier molecular flexibility index (Phi) is 61.7. The second-order valence-corrected chi connectivity index (χ2v) is 20.1. The Balaban J connectivity index is -0.000000708. The van der Waals surface area contributed by atoms with Crippen LogP contribution in [0, 0.1) is 0 Å². The molecule has 0 aromatic heterocycles. The van der Waals surface area contributed by atoms with Gasteiger partial charge in [0.25, 0.3) is 0 Å². The van der Waals surface area contributed by atoms with Gasteiger partial charge in [0, 0.05) is 24.3 Å². The van der Waals surface area contributed by atoms with Gasteiger partial charge < -0.3 is 18.6 Å². The summed E-state index contributed by atoms with van der Waals surface area (Å²) in [5.41, 5.74) is 0. The molecule has 0 N–H and O–H groups in total. The SMILES string of the molecule is CCCCCCCCCCCC(=O)OCCS[O-].CCCCCCCCCCCC(=O)OCCS[O-].CCCCCCC[CH2][Sn+2][CH2]CCCCCCC. The number of carbonyl (C=O) groups excluding carboxylic acids is 2. The molecule has 0 bridgehead atoms. The summed E-state index contributed by atoms with van der Waals surface area (Å²) in [6.07, 6.45) is 41.3. The van der Waals surface area contributed by atoms with Gasteiger partial charge in [0.05, 0.1) is 13.2 Å². The maximum atomic E-state index is 11.2. The Morgan fingerprint density at radius 3 is 0.906 bits per heavy atom.